The van der Waals surface area contributed by atoms with Gasteiger partial charge in [0.25, 0.3) is 5.56 Å². The van der Waals surface area contributed by atoms with Crippen molar-refractivity contribution in [2.24, 2.45) is 0 Å². The number of H-pyrrole nitrogens is 1. The van der Waals surface area contributed by atoms with E-state index in [0.29, 0.717) is 17.9 Å². The molecule has 0 aliphatic carbocycles. The number of nitrogens with zero attached hydrogens (tertiary/aromatic N) is 1. The maximum absolute atomic E-state index is 12.5. The second-order valence-corrected chi connectivity index (χ2v) is 7.41. The Balaban J connectivity index is 2.02. The molecule has 0 aliphatic rings. The van der Waals surface area contributed by atoms with Crippen molar-refractivity contribution >= 4 is 11.3 Å². The van der Waals surface area contributed by atoms with Gasteiger partial charge in [0, 0.05) is 21.0 Å². The van der Waals surface area contributed by atoms with Crippen molar-refractivity contribution < 1.29 is 4.74 Å². The number of thiophene rings is 1. The molecule has 0 radical (unpaired) electrons. The first-order chi connectivity index (χ1) is 13.2. The maximum Gasteiger partial charge on any atom is 0.267 e. The van der Waals surface area contributed by atoms with Gasteiger partial charge in [-0.05, 0) is 67.8 Å². The van der Waals surface area contributed by atoms with Crippen molar-refractivity contribution in [3.05, 3.63) is 63.3 Å². The number of nitriles is 1. The molecule has 0 saturated carbocycles. The summed E-state index contributed by atoms with van der Waals surface area (Å²) in [5.41, 5.74) is 2.07. The summed E-state index contributed by atoms with van der Waals surface area (Å²) in [6.07, 6.45) is 3.30. The molecule has 3 aromatic rings. The average Bonchev–Trinajstić information content (AvgIpc) is 3.15. The van der Waals surface area contributed by atoms with Crippen LogP contribution in [0.1, 0.15) is 37.1 Å². The van der Waals surface area contributed by atoms with E-state index in [9.17, 15) is 10.1 Å². The minimum Gasteiger partial charge on any atom is -0.494 e. The third kappa shape index (κ3) is 4.29. The molecule has 3 rings (SSSR count). The van der Waals surface area contributed by atoms with E-state index < -0.39 is 0 Å². The molecule has 0 amide bonds. The van der Waals surface area contributed by atoms with Crippen molar-refractivity contribution in [1.29, 1.82) is 5.26 Å². The highest BCUT2D eigenvalue weighted by Gasteiger charge is 2.14. The summed E-state index contributed by atoms with van der Waals surface area (Å²) in [7, 11) is 0. The molecule has 2 aromatic heterocycles. The highest BCUT2D eigenvalue weighted by atomic mass is 32.1. The van der Waals surface area contributed by atoms with Gasteiger partial charge < -0.3 is 9.72 Å². The fourth-order valence-corrected chi connectivity index (χ4v) is 4.00. The summed E-state index contributed by atoms with van der Waals surface area (Å²) in [5.74, 6) is 0.788. The van der Waals surface area contributed by atoms with Crippen molar-refractivity contribution in [2.75, 3.05) is 6.61 Å². The number of hydrogen-bond donors (Lipinski definition) is 1. The van der Waals surface area contributed by atoms with Gasteiger partial charge >= 0.3 is 0 Å². The van der Waals surface area contributed by atoms with Crippen molar-refractivity contribution in [3.8, 4) is 33.5 Å². The monoisotopic (exact) mass is 378 g/mol. The molecule has 0 saturated heterocycles. The third-order valence-electron chi connectivity index (χ3n) is 4.33. The molecule has 0 aliphatic heterocycles. The van der Waals surface area contributed by atoms with Crippen molar-refractivity contribution in [2.45, 2.75) is 33.1 Å². The zero-order chi connectivity index (χ0) is 19.2. The number of ether oxygens (including phenoxy) is 1. The average molecular weight is 378 g/mol. The minimum absolute atomic E-state index is 0.161. The molecule has 1 N–H and O–H groups in total. The molecule has 0 bridgehead atoms. The highest BCUT2D eigenvalue weighted by molar-refractivity contribution is 7.15. The fraction of sp³-hybridized carbons (Fsp3) is 0.273. The predicted molar refractivity (Wildman–Crippen MR) is 110 cm³/mol. The number of aromatic amines is 1. The first-order valence-corrected chi connectivity index (χ1v) is 9.97. The molecule has 0 atom stereocenters. The lowest BCUT2D eigenvalue weighted by Gasteiger charge is -2.08. The van der Waals surface area contributed by atoms with E-state index in [1.165, 1.54) is 4.88 Å². The highest BCUT2D eigenvalue weighted by Crippen LogP contribution is 2.32. The van der Waals surface area contributed by atoms with Crippen LogP contribution in [0.3, 0.4) is 0 Å². The van der Waals surface area contributed by atoms with Gasteiger partial charge in [-0.15, -0.1) is 11.3 Å². The Morgan fingerprint density at radius 3 is 2.59 bits per heavy atom. The van der Waals surface area contributed by atoms with Gasteiger partial charge in [-0.2, -0.15) is 5.26 Å². The maximum atomic E-state index is 12.5. The van der Waals surface area contributed by atoms with Crippen LogP contribution in [0.25, 0.3) is 21.7 Å². The SMILES string of the molecule is CCCCc1ccc(-c2cc(-c3ccc(OCC)cc3)[nH]c(=O)c2C#N)s1. The first-order valence-electron chi connectivity index (χ1n) is 9.16. The summed E-state index contributed by atoms with van der Waals surface area (Å²) in [4.78, 5) is 17.6. The summed E-state index contributed by atoms with van der Waals surface area (Å²) < 4.78 is 5.47. The van der Waals surface area contributed by atoms with Gasteiger partial charge in [0.15, 0.2) is 0 Å². The zero-order valence-electron chi connectivity index (χ0n) is 15.5. The number of rotatable bonds is 7. The second kappa shape index (κ2) is 8.70. The Labute approximate surface area is 163 Å². The van der Waals surface area contributed by atoms with Gasteiger partial charge in [0.05, 0.1) is 6.61 Å². The van der Waals surface area contributed by atoms with Crippen LogP contribution in [-0.4, -0.2) is 11.6 Å². The number of unbranched alkanes of at least 4 members (excludes halogenated alkanes) is 1. The van der Waals surface area contributed by atoms with Crippen LogP contribution in [0, 0.1) is 11.3 Å². The van der Waals surface area contributed by atoms with Crippen LogP contribution < -0.4 is 10.3 Å². The standard InChI is InChI=1S/C22H22N2O2S/c1-3-5-6-17-11-12-21(27-17)18-13-20(24-22(25)19(18)14-23)15-7-9-16(10-8-15)26-4-2/h7-13H,3-6H2,1-2H3,(H,24,25). The van der Waals surface area contributed by atoms with Gasteiger partial charge in [0.2, 0.25) is 0 Å². The van der Waals surface area contributed by atoms with E-state index >= 15 is 0 Å². The van der Waals surface area contributed by atoms with E-state index in [1.807, 2.05) is 43.3 Å². The molecular formula is C22H22N2O2S. The molecule has 2 heterocycles. The lowest BCUT2D eigenvalue weighted by molar-refractivity contribution is 0.340. The van der Waals surface area contributed by atoms with Crippen LogP contribution in [-0.2, 0) is 6.42 Å². The summed E-state index contributed by atoms with van der Waals surface area (Å²) in [6, 6.07) is 15.6. The normalized spacial score (nSPS) is 10.6. The van der Waals surface area contributed by atoms with E-state index in [1.54, 1.807) is 11.3 Å². The second-order valence-electron chi connectivity index (χ2n) is 6.24. The largest absolute Gasteiger partial charge is 0.494 e. The molecule has 138 valence electrons. The predicted octanol–water partition coefficient (Wildman–Crippen LogP) is 5.38. The molecule has 5 heteroatoms. The van der Waals surface area contributed by atoms with Gasteiger partial charge in [-0.1, -0.05) is 13.3 Å². The van der Waals surface area contributed by atoms with Crippen LogP contribution in [0.15, 0.2) is 47.3 Å². The topological polar surface area (TPSA) is 65.9 Å². The summed E-state index contributed by atoms with van der Waals surface area (Å²) in [6.45, 7) is 4.71. The Morgan fingerprint density at radius 2 is 1.93 bits per heavy atom. The Bertz CT molecular complexity index is 1010. The van der Waals surface area contributed by atoms with Gasteiger partial charge in [-0.3, -0.25) is 4.79 Å². The lowest BCUT2D eigenvalue weighted by atomic mass is 10.0. The molecule has 0 spiro atoms. The fourth-order valence-electron chi connectivity index (χ4n) is 2.93. The molecule has 1 aromatic carbocycles. The van der Waals surface area contributed by atoms with Crippen LogP contribution in [0.5, 0.6) is 5.75 Å². The number of aromatic nitrogens is 1. The Morgan fingerprint density at radius 1 is 1.15 bits per heavy atom. The number of nitrogens with one attached hydrogen (secondary N) is 1. The van der Waals surface area contributed by atoms with E-state index in [0.717, 1.165) is 35.5 Å². The van der Waals surface area contributed by atoms with Crippen molar-refractivity contribution in [3.63, 3.8) is 0 Å². The van der Waals surface area contributed by atoms with E-state index in [4.69, 9.17) is 4.74 Å². The number of benzene rings is 1. The molecule has 0 fully saturated rings. The molecular weight excluding hydrogens is 356 g/mol. The lowest BCUT2D eigenvalue weighted by Crippen LogP contribution is -2.12. The molecule has 0 unspecified atom stereocenters. The molecule has 27 heavy (non-hydrogen) atoms. The van der Waals surface area contributed by atoms with Gasteiger partial charge in [0.1, 0.15) is 17.4 Å². The third-order valence-corrected chi connectivity index (χ3v) is 5.50. The zero-order valence-corrected chi connectivity index (χ0v) is 16.4. The van der Waals surface area contributed by atoms with Crippen molar-refractivity contribution in [1.82, 2.24) is 4.98 Å². The van der Waals surface area contributed by atoms with E-state index in [-0.39, 0.29) is 11.1 Å². The Kier molecular flexibility index (Phi) is 6.10. The number of aryl methyl sites for hydroxylation is 1. The quantitative estimate of drug-likeness (QED) is 0.600. The summed E-state index contributed by atoms with van der Waals surface area (Å²) >= 11 is 1.65. The number of hydrogen-bond acceptors (Lipinski definition) is 4. The Hall–Kier alpha value is -2.84. The van der Waals surface area contributed by atoms with E-state index in [2.05, 4.69) is 24.0 Å². The summed E-state index contributed by atoms with van der Waals surface area (Å²) in [5, 5.41) is 9.48. The van der Waals surface area contributed by atoms with Crippen LogP contribution in [0.2, 0.25) is 0 Å². The van der Waals surface area contributed by atoms with Crippen LogP contribution in [0.4, 0.5) is 0 Å². The first kappa shape index (κ1) is 18.9. The smallest absolute Gasteiger partial charge is 0.267 e. The number of pyridine rings is 1. The molecule has 4 nitrogen and oxygen atoms in total. The van der Waals surface area contributed by atoms with Crippen LogP contribution >= 0.6 is 11.3 Å². The minimum atomic E-state index is -0.359. The van der Waals surface area contributed by atoms with Gasteiger partial charge in [-0.25, -0.2) is 0 Å².